The molecule has 1 unspecified atom stereocenters. The van der Waals surface area contributed by atoms with E-state index < -0.39 is 63.6 Å². The van der Waals surface area contributed by atoms with Crippen LogP contribution in [-0.2, 0) is 23.1 Å². The van der Waals surface area contributed by atoms with Gasteiger partial charge in [0.05, 0.1) is 6.61 Å². The molecule has 38 heavy (non-hydrogen) atoms. The average Bonchev–Trinajstić information content (AvgIpc) is 2.87. The first-order valence-corrected chi connectivity index (χ1v) is 15.6. The van der Waals surface area contributed by atoms with Crippen molar-refractivity contribution < 1.29 is 33.3 Å². The summed E-state index contributed by atoms with van der Waals surface area (Å²) in [6.07, 6.45) is -0.672. The smallest absolute Gasteiger partial charge is 0.330 e. The number of aromatic amines is 1. The van der Waals surface area contributed by atoms with Crippen molar-refractivity contribution in [2.24, 2.45) is 0 Å². The molecule has 1 aromatic rings. The Balaban J connectivity index is 2.02. The van der Waals surface area contributed by atoms with Crippen LogP contribution >= 0.6 is 15.7 Å². The van der Waals surface area contributed by atoms with Crippen LogP contribution in [0.1, 0.15) is 40.3 Å². The third-order valence-corrected chi connectivity index (χ3v) is 10.1. The maximum Gasteiger partial charge on any atom is 0.330 e. The maximum absolute atomic E-state index is 12.8. The highest BCUT2D eigenvalue weighted by atomic mass is 31.2. The Hall–Kier alpha value is -1.71. The number of nitrogens with zero attached hydrogens (tertiary/aromatic N) is 3. The van der Waals surface area contributed by atoms with Gasteiger partial charge in [-0.25, -0.2) is 16.0 Å². The molecule has 3 N–H and O–H groups in total. The number of H-pyrrole nitrogens is 1. The van der Waals surface area contributed by atoms with E-state index in [2.05, 4.69) is 14.5 Å². The third kappa shape index (κ3) is 6.89. The van der Waals surface area contributed by atoms with Gasteiger partial charge in [-0.2, -0.15) is 0 Å². The Labute approximate surface area is 222 Å². The van der Waals surface area contributed by atoms with Gasteiger partial charge in [0.25, 0.3) is 14.1 Å². The second-order valence-corrected chi connectivity index (χ2v) is 13.9. The zero-order chi connectivity index (χ0) is 28.1. The predicted molar refractivity (Wildman–Crippen MR) is 141 cm³/mol. The van der Waals surface area contributed by atoms with Crippen molar-refractivity contribution in [2.75, 3.05) is 32.5 Å². The van der Waals surface area contributed by atoms with Crippen LogP contribution in [0.5, 0.6) is 0 Å². The molecule has 3 aliphatic rings. The number of aromatic nitrogens is 2. The van der Waals surface area contributed by atoms with Gasteiger partial charge >= 0.3 is 5.69 Å². The molecule has 3 aliphatic heterocycles. The number of nitrogens with one attached hydrogen (secondary N) is 1. The monoisotopic (exact) mass is 574 g/mol. The second kappa shape index (κ2) is 13.1. The van der Waals surface area contributed by atoms with Crippen molar-refractivity contribution in [3.63, 3.8) is 0 Å². The first-order valence-electron chi connectivity index (χ1n) is 12.3. The summed E-state index contributed by atoms with van der Waals surface area (Å²) in [6.45, 7) is 15.5. The van der Waals surface area contributed by atoms with Crippen LogP contribution in [0.2, 0.25) is 0 Å². The van der Waals surface area contributed by atoms with E-state index in [-0.39, 0.29) is 38.3 Å². The highest BCUT2D eigenvalue weighted by Crippen LogP contribution is 2.54. The van der Waals surface area contributed by atoms with Crippen molar-refractivity contribution in [3.05, 3.63) is 56.4 Å². The summed E-state index contributed by atoms with van der Waals surface area (Å²) in [5.74, 6) is 1.23. The van der Waals surface area contributed by atoms with E-state index in [9.17, 15) is 24.4 Å². The van der Waals surface area contributed by atoms with Crippen molar-refractivity contribution >= 4 is 15.7 Å². The van der Waals surface area contributed by atoms with Crippen LogP contribution < -0.4 is 11.2 Å². The number of aliphatic hydroxyl groups is 2. The summed E-state index contributed by atoms with van der Waals surface area (Å²) in [6, 6.07) is 1.30. The number of aliphatic hydroxyl groups excluding tert-OH is 2. The molecule has 5 atom stereocenters. The normalized spacial score (nSPS) is 26.5. The molecule has 212 valence electrons. The lowest BCUT2D eigenvalue weighted by Gasteiger charge is -2.54. The zero-order valence-corrected chi connectivity index (χ0v) is 23.7. The summed E-state index contributed by atoms with van der Waals surface area (Å²) < 4.78 is 41.2. The molecular formula is C23H36N4O9P2. The van der Waals surface area contributed by atoms with E-state index in [0.29, 0.717) is 0 Å². The molecule has 0 saturated carbocycles. The van der Waals surface area contributed by atoms with Crippen molar-refractivity contribution in [1.29, 1.82) is 0 Å². The zero-order valence-electron chi connectivity index (χ0n) is 21.9. The number of hydrogen-bond acceptors (Lipinski definition) is 10. The topological polar surface area (TPSA) is 157 Å². The molecule has 13 nitrogen and oxygen atoms in total. The molecule has 2 bridgehead atoms. The number of fused-ring (bicyclic) bond motifs is 3. The van der Waals surface area contributed by atoms with E-state index in [1.54, 1.807) is 0 Å². The first-order chi connectivity index (χ1) is 18.0. The van der Waals surface area contributed by atoms with E-state index in [4.69, 9.17) is 25.1 Å². The molecule has 0 spiro atoms. The van der Waals surface area contributed by atoms with Crippen LogP contribution in [0.3, 0.4) is 0 Å². The number of rotatable bonds is 13. The van der Waals surface area contributed by atoms with Crippen LogP contribution in [0.4, 0.5) is 0 Å². The van der Waals surface area contributed by atoms with E-state index in [1.165, 1.54) is 28.7 Å². The van der Waals surface area contributed by atoms with Gasteiger partial charge in [0.2, 0.25) is 6.54 Å². The van der Waals surface area contributed by atoms with Crippen molar-refractivity contribution in [3.8, 4) is 0 Å². The Bertz CT molecular complexity index is 1160. The Morgan fingerprint density at radius 2 is 2.03 bits per heavy atom. The SMILES string of the molecule is [C-]#[N+]CCOP(O[C@H]1C[C@H]2OC[C@]1(/C=C/P(=O)(CO)CO)O[C@H]2n1ccc(=O)[nH]c1=O)N(C(C)C)C(C)C. The highest BCUT2D eigenvalue weighted by Gasteiger charge is 2.56. The van der Waals surface area contributed by atoms with E-state index in [0.717, 1.165) is 0 Å². The average molecular weight is 575 g/mol. The van der Waals surface area contributed by atoms with Gasteiger partial charge in [-0.05, 0) is 39.6 Å². The first kappa shape index (κ1) is 30.8. The van der Waals surface area contributed by atoms with Crippen molar-refractivity contribution in [1.82, 2.24) is 14.2 Å². The molecule has 4 heterocycles. The molecule has 0 amide bonds. The van der Waals surface area contributed by atoms with Crippen LogP contribution in [-0.4, -0.2) is 86.8 Å². The summed E-state index contributed by atoms with van der Waals surface area (Å²) >= 11 is 0. The summed E-state index contributed by atoms with van der Waals surface area (Å²) in [7, 11) is -5.14. The molecule has 1 aromatic heterocycles. The molecule has 0 aliphatic carbocycles. The lowest BCUT2D eigenvalue weighted by atomic mass is 9.86. The minimum Gasteiger partial charge on any atom is -0.388 e. The second-order valence-electron chi connectivity index (χ2n) is 9.73. The van der Waals surface area contributed by atoms with Gasteiger partial charge in [-0.3, -0.25) is 14.3 Å². The van der Waals surface area contributed by atoms with E-state index in [1.807, 2.05) is 27.7 Å². The molecule has 0 radical (unpaired) electrons. The Morgan fingerprint density at radius 3 is 2.61 bits per heavy atom. The standard InChI is InChI=1S/C23H36N4O9P2/c1-16(2)27(17(3)4)37(34-10-8-24-5)36-19-12-18-21(26-9-6-20(30)25-22(26)31)35-23(19,13-33-18)7-11-38(32,14-28)15-29/h6-7,9,11,16-19,21,28-29H,8,10,12-15H2,1-4H3,(H,25,30,31)/b11-7+/t18-,19+,21-,23+,37?/m1/s1. The van der Waals surface area contributed by atoms with Crippen LogP contribution in [0.15, 0.2) is 33.7 Å². The van der Waals surface area contributed by atoms with Gasteiger partial charge in [-0.15, -0.1) is 0 Å². The summed E-state index contributed by atoms with van der Waals surface area (Å²) in [5.41, 5.74) is -2.60. The minimum atomic E-state index is -3.47. The fourth-order valence-electron chi connectivity index (χ4n) is 4.41. The number of hydrogen-bond donors (Lipinski definition) is 3. The van der Waals surface area contributed by atoms with Gasteiger partial charge in [-0.1, -0.05) is 0 Å². The fraction of sp³-hybridized carbons (Fsp3) is 0.696. The summed E-state index contributed by atoms with van der Waals surface area (Å²) in [5, 5.41) is 19.2. The molecular weight excluding hydrogens is 538 g/mol. The molecule has 4 rings (SSSR count). The predicted octanol–water partition coefficient (Wildman–Crippen LogP) is 2.04. The largest absolute Gasteiger partial charge is 0.388 e. The van der Waals surface area contributed by atoms with Gasteiger partial charge in [0.15, 0.2) is 13.4 Å². The van der Waals surface area contributed by atoms with Crippen LogP contribution in [0.25, 0.3) is 4.85 Å². The van der Waals surface area contributed by atoms with Crippen molar-refractivity contribution in [2.45, 2.75) is 70.2 Å². The maximum atomic E-state index is 12.8. The lowest BCUT2D eigenvalue weighted by molar-refractivity contribution is -0.307. The molecule has 0 aromatic carbocycles. The van der Waals surface area contributed by atoms with Gasteiger partial charge < -0.3 is 38.1 Å². The molecule has 3 saturated heterocycles. The van der Waals surface area contributed by atoms with Gasteiger partial charge in [0.1, 0.15) is 37.1 Å². The molecule has 3 fully saturated rings. The molecule has 15 heteroatoms. The quantitative estimate of drug-likeness (QED) is 0.181. The summed E-state index contributed by atoms with van der Waals surface area (Å²) in [4.78, 5) is 29.7. The Morgan fingerprint density at radius 1 is 1.34 bits per heavy atom. The fourth-order valence-corrected chi connectivity index (χ4v) is 6.99. The lowest BCUT2D eigenvalue weighted by Crippen LogP contribution is -2.63. The highest BCUT2D eigenvalue weighted by molar-refractivity contribution is 7.66. The van der Waals surface area contributed by atoms with Gasteiger partial charge in [0, 0.05) is 30.8 Å². The Kier molecular flexibility index (Phi) is 10.6. The van der Waals surface area contributed by atoms with E-state index >= 15 is 0 Å². The third-order valence-electron chi connectivity index (χ3n) is 6.27. The number of ether oxygens (including phenoxy) is 2. The minimum absolute atomic E-state index is 0.0150. The van der Waals surface area contributed by atoms with Crippen LogP contribution in [0, 0.1) is 6.57 Å².